The first kappa shape index (κ1) is 17.9. The molecule has 1 saturated heterocycles. The van der Waals surface area contributed by atoms with E-state index in [1.54, 1.807) is 6.20 Å². The Kier molecular flexibility index (Phi) is 6.02. The summed E-state index contributed by atoms with van der Waals surface area (Å²) >= 11 is 0. The first-order valence-electron chi connectivity index (χ1n) is 8.24. The highest BCUT2D eigenvalue weighted by Crippen LogP contribution is 2.31. The lowest BCUT2D eigenvalue weighted by Gasteiger charge is -2.19. The summed E-state index contributed by atoms with van der Waals surface area (Å²) < 4.78 is 13.7. The molecule has 1 aromatic heterocycles. The molecule has 3 aromatic rings. The summed E-state index contributed by atoms with van der Waals surface area (Å²) in [6, 6.07) is 16.9. The van der Waals surface area contributed by atoms with Gasteiger partial charge in [0.1, 0.15) is 0 Å². The van der Waals surface area contributed by atoms with Crippen molar-refractivity contribution in [2.24, 2.45) is 0 Å². The zero-order chi connectivity index (χ0) is 16.2. The van der Waals surface area contributed by atoms with Gasteiger partial charge in [-0.1, -0.05) is 48.5 Å². The van der Waals surface area contributed by atoms with Crippen LogP contribution in [-0.2, 0) is 22.4 Å². The van der Waals surface area contributed by atoms with E-state index in [2.05, 4.69) is 52.0 Å². The van der Waals surface area contributed by atoms with Crippen molar-refractivity contribution < 1.29 is 9.47 Å². The van der Waals surface area contributed by atoms with Crippen LogP contribution in [0.3, 0.4) is 0 Å². The number of ether oxygens (including phenoxy) is 2. The summed E-state index contributed by atoms with van der Waals surface area (Å²) in [5.74, 6) is 0. The lowest BCUT2D eigenvalue weighted by molar-refractivity contribution is -0.0453. The van der Waals surface area contributed by atoms with E-state index in [4.69, 9.17) is 9.47 Å². The molecule has 1 aliphatic rings. The molecule has 0 saturated carbocycles. The molecule has 0 unspecified atom stereocenters. The Balaban J connectivity index is 0.00000182. The maximum absolute atomic E-state index is 5.83. The molecule has 0 spiro atoms. The monoisotopic (exact) mass is 400 g/mol. The Morgan fingerprint density at radius 1 is 0.960 bits per heavy atom. The largest absolute Gasteiger partial charge is 0.346 e. The lowest BCUT2D eigenvalue weighted by atomic mass is 9.95. The maximum atomic E-state index is 5.83. The molecule has 4 rings (SSSR count). The van der Waals surface area contributed by atoms with Gasteiger partial charge in [-0.05, 0) is 23.1 Å². The van der Waals surface area contributed by atoms with Crippen molar-refractivity contribution in [1.29, 1.82) is 0 Å². The number of imidazole rings is 1. The second-order valence-electron chi connectivity index (χ2n) is 5.96. The molecule has 4 nitrogen and oxygen atoms in total. The molecule has 0 radical (unpaired) electrons. The Morgan fingerprint density at radius 3 is 2.44 bits per heavy atom. The van der Waals surface area contributed by atoms with Gasteiger partial charge in [-0.3, -0.25) is 0 Å². The molecule has 5 heteroatoms. The number of hydrogen-bond donors (Lipinski definition) is 0. The highest BCUT2D eigenvalue weighted by molar-refractivity contribution is 8.93. The van der Waals surface area contributed by atoms with Crippen LogP contribution in [0.1, 0.15) is 28.5 Å². The van der Waals surface area contributed by atoms with Gasteiger partial charge >= 0.3 is 0 Å². The van der Waals surface area contributed by atoms with Crippen LogP contribution in [0.5, 0.6) is 0 Å². The Labute approximate surface area is 158 Å². The highest BCUT2D eigenvalue weighted by atomic mass is 79.9. The first-order valence-corrected chi connectivity index (χ1v) is 8.24. The molecule has 130 valence electrons. The second-order valence-corrected chi connectivity index (χ2v) is 5.96. The minimum atomic E-state index is -0.275. The molecule has 0 N–H and O–H groups in total. The molecular weight excluding hydrogens is 380 g/mol. The summed E-state index contributed by atoms with van der Waals surface area (Å²) in [7, 11) is 0. The second kappa shape index (κ2) is 8.43. The maximum Gasteiger partial charge on any atom is 0.184 e. The third-order valence-corrected chi connectivity index (χ3v) is 4.29. The van der Waals surface area contributed by atoms with E-state index in [0.29, 0.717) is 13.2 Å². The van der Waals surface area contributed by atoms with Crippen molar-refractivity contribution in [3.63, 3.8) is 0 Å². The van der Waals surface area contributed by atoms with Gasteiger partial charge in [0.25, 0.3) is 0 Å². The van der Waals surface area contributed by atoms with E-state index in [1.807, 2.05) is 18.6 Å². The molecule has 2 aromatic carbocycles. The molecule has 2 heterocycles. The average Bonchev–Trinajstić information content (AvgIpc) is 3.30. The summed E-state index contributed by atoms with van der Waals surface area (Å²) in [5.41, 5.74) is 4.92. The molecule has 1 aliphatic heterocycles. The number of aromatic nitrogens is 2. The normalized spacial score (nSPS) is 14.4. The van der Waals surface area contributed by atoms with E-state index in [-0.39, 0.29) is 23.3 Å². The predicted octanol–water partition coefficient (Wildman–Crippen LogP) is 4.15. The van der Waals surface area contributed by atoms with Gasteiger partial charge in [-0.2, -0.15) is 0 Å². The van der Waals surface area contributed by atoms with Gasteiger partial charge in [0.05, 0.1) is 19.5 Å². The zero-order valence-electron chi connectivity index (χ0n) is 13.9. The van der Waals surface area contributed by atoms with E-state index in [9.17, 15) is 0 Å². The molecule has 0 aliphatic carbocycles. The molecular formula is C20H21BrN2O2. The van der Waals surface area contributed by atoms with Crippen molar-refractivity contribution in [3.8, 4) is 0 Å². The van der Waals surface area contributed by atoms with Crippen molar-refractivity contribution in [3.05, 3.63) is 89.5 Å². The standard InChI is InChI=1S/C20H20N2O2.BrH/c1-2-5-16(6-3-1)13-17-7-4-8-18(14-22-10-9-21-15-22)19(17)20-23-11-12-24-20;/h1-10,15,20H,11-14H2;1H. The first-order chi connectivity index (χ1) is 11.9. The van der Waals surface area contributed by atoms with Crippen LogP contribution in [-0.4, -0.2) is 22.8 Å². The Hall–Kier alpha value is -1.95. The topological polar surface area (TPSA) is 36.3 Å². The summed E-state index contributed by atoms with van der Waals surface area (Å²) in [6.45, 7) is 2.06. The summed E-state index contributed by atoms with van der Waals surface area (Å²) in [5, 5.41) is 0. The third-order valence-electron chi connectivity index (χ3n) is 4.29. The molecule has 0 atom stereocenters. The fourth-order valence-electron chi connectivity index (χ4n) is 3.18. The van der Waals surface area contributed by atoms with E-state index in [1.165, 1.54) is 16.7 Å². The predicted molar refractivity (Wildman–Crippen MR) is 102 cm³/mol. The Bertz CT molecular complexity index is 785. The zero-order valence-corrected chi connectivity index (χ0v) is 15.6. The fraction of sp³-hybridized carbons (Fsp3) is 0.250. The van der Waals surface area contributed by atoms with Crippen LogP contribution in [0, 0.1) is 0 Å². The van der Waals surface area contributed by atoms with Gasteiger partial charge in [0, 0.05) is 24.5 Å². The van der Waals surface area contributed by atoms with Gasteiger partial charge in [0.2, 0.25) is 0 Å². The minimum absolute atomic E-state index is 0. The van der Waals surface area contributed by atoms with Crippen LogP contribution in [0.25, 0.3) is 0 Å². The van der Waals surface area contributed by atoms with Crippen molar-refractivity contribution in [2.75, 3.05) is 13.2 Å². The van der Waals surface area contributed by atoms with E-state index < -0.39 is 0 Å². The van der Waals surface area contributed by atoms with Gasteiger partial charge in [0.15, 0.2) is 6.29 Å². The molecule has 25 heavy (non-hydrogen) atoms. The van der Waals surface area contributed by atoms with E-state index in [0.717, 1.165) is 18.5 Å². The average molecular weight is 401 g/mol. The highest BCUT2D eigenvalue weighted by Gasteiger charge is 2.24. The fourth-order valence-corrected chi connectivity index (χ4v) is 3.18. The van der Waals surface area contributed by atoms with Crippen molar-refractivity contribution in [1.82, 2.24) is 9.55 Å². The molecule has 0 amide bonds. The van der Waals surface area contributed by atoms with Crippen LogP contribution < -0.4 is 0 Å². The number of benzene rings is 2. The van der Waals surface area contributed by atoms with Crippen molar-refractivity contribution >= 4 is 17.0 Å². The quantitative estimate of drug-likeness (QED) is 0.645. The van der Waals surface area contributed by atoms with Crippen LogP contribution in [0.15, 0.2) is 67.3 Å². The van der Waals surface area contributed by atoms with Crippen LogP contribution in [0.4, 0.5) is 0 Å². The lowest BCUT2D eigenvalue weighted by Crippen LogP contribution is -2.10. The van der Waals surface area contributed by atoms with Crippen LogP contribution >= 0.6 is 17.0 Å². The van der Waals surface area contributed by atoms with E-state index >= 15 is 0 Å². The third kappa shape index (κ3) is 4.18. The number of rotatable bonds is 5. The van der Waals surface area contributed by atoms with Gasteiger partial charge in [-0.25, -0.2) is 4.98 Å². The van der Waals surface area contributed by atoms with Gasteiger partial charge in [-0.15, -0.1) is 17.0 Å². The molecule has 1 fully saturated rings. The van der Waals surface area contributed by atoms with Crippen molar-refractivity contribution in [2.45, 2.75) is 19.3 Å². The van der Waals surface area contributed by atoms with Crippen LogP contribution in [0.2, 0.25) is 0 Å². The summed E-state index contributed by atoms with van der Waals surface area (Å²) in [6.07, 6.45) is 6.21. The summed E-state index contributed by atoms with van der Waals surface area (Å²) in [4.78, 5) is 4.14. The smallest absolute Gasteiger partial charge is 0.184 e. The van der Waals surface area contributed by atoms with Gasteiger partial charge < -0.3 is 14.0 Å². The SMILES string of the molecule is Br.c1ccc(Cc2cccc(Cn3ccnc3)c2C2OCCO2)cc1. The molecule has 0 bridgehead atoms. The number of halogens is 1. The number of hydrogen-bond acceptors (Lipinski definition) is 3. The Morgan fingerprint density at radius 2 is 1.72 bits per heavy atom. The minimum Gasteiger partial charge on any atom is -0.346 e. The number of nitrogens with zero attached hydrogens (tertiary/aromatic N) is 2.